The quantitative estimate of drug-likeness (QED) is 0.414. The molecule has 8 nitrogen and oxygen atoms in total. The lowest BCUT2D eigenvalue weighted by Gasteiger charge is -2.26. The second-order valence-electron chi connectivity index (χ2n) is 8.85. The SMILES string of the molecule is CC1(OCCN(CCOC2(C)C=c3ccccc3=N2)CCC(=O)OCC#N)C=c2ccccc2=N1. The van der Waals surface area contributed by atoms with E-state index < -0.39 is 17.4 Å². The fraction of sp³-hybridized carbons (Fsp3) is 0.407. The highest BCUT2D eigenvalue weighted by Crippen LogP contribution is 2.17. The minimum Gasteiger partial charge on any atom is -0.450 e. The molecule has 0 bridgehead atoms. The first kappa shape index (κ1) is 24.7. The molecule has 0 saturated carbocycles. The largest absolute Gasteiger partial charge is 0.450 e. The van der Waals surface area contributed by atoms with Gasteiger partial charge in [0.15, 0.2) is 18.1 Å². The Hall–Kier alpha value is -3.38. The topological polar surface area (TPSA) is 96.5 Å². The molecule has 0 radical (unpaired) electrons. The molecule has 0 amide bonds. The predicted octanol–water partition coefficient (Wildman–Crippen LogP) is 0.439. The van der Waals surface area contributed by atoms with Crippen LogP contribution in [0.5, 0.6) is 0 Å². The third kappa shape index (κ3) is 6.61. The maximum absolute atomic E-state index is 11.9. The van der Waals surface area contributed by atoms with Crippen molar-refractivity contribution in [3.8, 4) is 6.07 Å². The van der Waals surface area contributed by atoms with Gasteiger partial charge >= 0.3 is 5.97 Å². The van der Waals surface area contributed by atoms with Crippen molar-refractivity contribution in [3.05, 3.63) is 69.7 Å². The summed E-state index contributed by atoms with van der Waals surface area (Å²) in [4.78, 5) is 23.4. The van der Waals surface area contributed by atoms with Crippen LogP contribution >= 0.6 is 0 Å². The van der Waals surface area contributed by atoms with Crippen LogP contribution < -0.4 is 21.2 Å². The zero-order chi connectivity index (χ0) is 24.7. The number of hydrogen-bond acceptors (Lipinski definition) is 8. The highest BCUT2D eigenvalue weighted by Gasteiger charge is 2.26. The van der Waals surface area contributed by atoms with Crippen LogP contribution in [0.1, 0.15) is 20.3 Å². The number of rotatable bonds is 12. The maximum Gasteiger partial charge on any atom is 0.308 e. The van der Waals surface area contributed by atoms with Crippen molar-refractivity contribution < 1.29 is 19.0 Å². The van der Waals surface area contributed by atoms with Crippen LogP contribution in [0, 0.1) is 11.3 Å². The molecule has 0 aliphatic carbocycles. The van der Waals surface area contributed by atoms with Gasteiger partial charge in [0.25, 0.3) is 0 Å². The number of carbonyl (C=O) groups is 1. The maximum atomic E-state index is 11.9. The van der Waals surface area contributed by atoms with Gasteiger partial charge in [-0.1, -0.05) is 36.4 Å². The Kier molecular flexibility index (Phi) is 7.71. The molecule has 2 aliphatic heterocycles. The summed E-state index contributed by atoms with van der Waals surface area (Å²) < 4.78 is 17.1. The molecule has 2 atom stereocenters. The van der Waals surface area contributed by atoms with E-state index in [1.54, 1.807) is 0 Å². The van der Waals surface area contributed by atoms with Crippen LogP contribution in [0.4, 0.5) is 0 Å². The summed E-state index contributed by atoms with van der Waals surface area (Å²) in [5.74, 6) is -0.401. The van der Waals surface area contributed by atoms with Gasteiger partial charge in [-0.15, -0.1) is 0 Å². The van der Waals surface area contributed by atoms with E-state index >= 15 is 0 Å². The summed E-state index contributed by atoms with van der Waals surface area (Å²) in [5, 5.41) is 12.6. The Labute approximate surface area is 204 Å². The van der Waals surface area contributed by atoms with Gasteiger partial charge in [0.2, 0.25) is 0 Å². The van der Waals surface area contributed by atoms with Crippen molar-refractivity contribution >= 4 is 18.1 Å². The first-order valence-corrected chi connectivity index (χ1v) is 11.8. The van der Waals surface area contributed by atoms with E-state index in [0.29, 0.717) is 32.8 Å². The molecular weight excluding hydrogens is 444 g/mol. The van der Waals surface area contributed by atoms with Crippen molar-refractivity contribution in [2.45, 2.75) is 31.7 Å². The molecule has 35 heavy (non-hydrogen) atoms. The molecule has 2 unspecified atom stereocenters. The molecule has 2 aromatic rings. The highest BCUT2D eigenvalue weighted by atomic mass is 16.5. The monoisotopic (exact) mass is 474 g/mol. The van der Waals surface area contributed by atoms with Crippen LogP contribution in [-0.4, -0.2) is 61.8 Å². The Balaban J connectivity index is 1.32. The molecule has 4 rings (SSSR count). The number of nitriles is 1. The van der Waals surface area contributed by atoms with Crippen molar-refractivity contribution in [2.24, 2.45) is 9.98 Å². The van der Waals surface area contributed by atoms with E-state index in [4.69, 9.17) is 19.5 Å². The third-order valence-corrected chi connectivity index (χ3v) is 5.94. The van der Waals surface area contributed by atoms with Crippen LogP contribution in [0.25, 0.3) is 12.2 Å². The van der Waals surface area contributed by atoms with E-state index in [9.17, 15) is 4.79 Å². The van der Waals surface area contributed by atoms with Gasteiger partial charge < -0.3 is 14.2 Å². The molecule has 2 aromatic carbocycles. The lowest BCUT2D eigenvalue weighted by atomic mass is 10.2. The summed E-state index contributed by atoms with van der Waals surface area (Å²) in [7, 11) is 0. The molecule has 8 heteroatoms. The Morgan fingerprint density at radius 3 is 1.89 bits per heavy atom. The number of benzene rings is 2. The van der Waals surface area contributed by atoms with Gasteiger partial charge in [-0.2, -0.15) is 5.26 Å². The Morgan fingerprint density at radius 1 is 0.886 bits per heavy atom. The van der Waals surface area contributed by atoms with Gasteiger partial charge in [-0.25, -0.2) is 9.98 Å². The van der Waals surface area contributed by atoms with Crippen molar-refractivity contribution in [2.75, 3.05) is 39.5 Å². The first-order chi connectivity index (χ1) is 16.9. The zero-order valence-corrected chi connectivity index (χ0v) is 20.1. The number of nitrogens with zero attached hydrogens (tertiary/aromatic N) is 4. The number of carbonyl (C=O) groups excluding carboxylic acids is 1. The molecule has 182 valence electrons. The summed E-state index contributed by atoms with van der Waals surface area (Å²) in [6.07, 6.45) is 4.22. The van der Waals surface area contributed by atoms with Crippen LogP contribution in [0.15, 0.2) is 58.5 Å². The average Bonchev–Trinajstić information content (AvgIpc) is 3.36. The van der Waals surface area contributed by atoms with Crippen molar-refractivity contribution in [1.82, 2.24) is 4.90 Å². The van der Waals surface area contributed by atoms with Crippen molar-refractivity contribution in [3.63, 3.8) is 0 Å². The fourth-order valence-electron chi connectivity index (χ4n) is 4.22. The van der Waals surface area contributed by atoms with E-state index in [0.717, 1.165) is 21.2 Å². The van der Waals surface area contributed by atoms with Crippen LogP contribution in [-0.2, 0) is 19.0 Å². The second kappa shape index (κ2) is 10.9. The number of ether oxygens (including phenoxy) is 3. The van der Waals surface area contributed by atoms with E-state index in [1.807, 2.05) is 80.6 Å². The molecule has 0 fully saturated rings. The number of fused-ring (bicyclic) bond motifs is 2. The van der Waals surface area contributed by atoms with E-state index in [1.165, 1.54) is 0 Å². The molecular formula is C27H30N4O4. The zero-order valence-electron chi connectivity index (χ0n) is 20.1. The predicted molar refractivity (Wildman–Crippen MR) is 130 cm³/mol. The summed E-state index contributed by atoms with van der Waals surface area (Å²) in [6.45, 7) is 6.13. The Bertz CT molecular complexity index is 1190. The molecule has 2 aliphatic rings. The molecule has 0 aromatic heterocycles. The average molecular weight is 475 g/mol. The smallest absolute Gasteiger partial charge is 0.308 e. The van der Waals surface area contributed by atoms with E-state index in [-0.39, 0.29) is 13.0 Å². The van der Waals surface area contributed by atoms with Gasteiger partial charge in [0.05, 0.1) is 30.3 Å². The number of para-hydroxylation sites is 2. The summed E-state index contributed by atoms with van der Waals surface area (Å²) in [6, 6.07) is 17.7. The van der Waals surface area contributed by atoms with Gasteiger partial charge in [0.1, 0.15) is 6.07 Å². The van der Waals surface area contributed by atoms with Crippen LogP contribution in [0.3, 0.4) is 0 Å². The van der Waals surface area contributed by atoms with Crippen LogP contribution in [0.2, 0.25) is 0 Å². The number of esters is 1. The van der Waals surface area contributed by atoms with Gasteiger partial charge in [0, 0.05) is 30.1 Å². The molecule has 0 saturated heterocycles. The minimum absolute atomic E-state index is 0.181. The first-order valence-electron chi connectivity index (χ1n) is 11.8. The van der Waals surface area contributed by atoms with E-state index in [2.05, 4.69) is 14.9 Å². The second-order valence-corrected chi connectivity index (χ2v) is 8.85. The fourth-order valence-corrected chi connectivity index (χ4v) is 4.22. The molecule has 0 N–H and O–H groups in total. The van der Waals surface area contributed by atoms with Gasteiger partial charge in [-0.3, -0.25) is 9.69 Å². The molecule has 0 spiro atoms. The third-order valence-electron chi connectivity index (χ3n) is 5.94. The standard InChI is InChI=1S/C27H30N4O4/c1-26(19-21-7-3-5-9-23(21)29-26)34-17-14-31(13-11-25(32)33-16-12-28)15-18-35-27(2)20-22-8-4-6-10-24(22)30-27/h3-10,19-20H,11,13-18H2,1-2H3. The lowest BCUT2D eigenvalue weighted by Crippen LogP contribution is -2.37. The molecule has 2 heterocycles. The highest BCUT2D eigenvalue weighted by molar-refractivity contribution is 5.69. The van der Waals surface area contributed by atoms with Crippen molar-refractivity contribution in [1.29, 1.82) is 5.26 Å². The Morgan fingerprint density at radius 2 is 1.40 bits per heavy atom. The minimum atomic E-state index is -0.714. The lowest BCUT2D eigenvalue weighted by molar-refractivity contribution is -0.142. The summed E-state index contributed by atoms with van der Waals surface area (Å²) in [5.41, 5.74) is -1.43. The van der Waals surface area contributed by atoms with Gasteiger partial charge in [-0.05, 0) is 38.1 Å². The number of hydrogen-bond donors (Lipinski definition) is 0. The normalized spacial score (nSPS) is 21.7. The summed E-state index contributed by atoms with van der Waals surface area (Å²) >= 11 is 0.